The first-order valence-corrected chi connectivity index (χ1v) is 5.23. The van der Waals surface area contributed by atoms with E-state index < -0.39 is 6.10 Å². The minimum absolute atomic E-state index is 0.143. The molecular formula is C9H12INO3. The quantitative estimate of drug-likeness (QED) is 0.379. The maximum atomic E-state index is 9.45. The Morgan fingerprint density at radius 2 is 2.00 bits per heavy atom. The van der Waals surface area contributed by atoms with Crippen LogP contribution in [0.3, 0.4) is 0 Å². The van der Waals surface area contributed by atoms with E-state index in [-0.39, 0.29) is 11.5 Å². The molecule has 1 rings (SSSR count). The highest BCUT2D eigenvalue weighted by Crippen LogP contribution is 2.25. The monoisotopic (exact) mass is 309 g/mol. The van der Waals surface area contributed by atoms with Gasteiger partial charge in [0.15, 0.2) is 11.5 Å². The predicted molar refractivity (Wildman–Crippen MR) is 61.5 cm³/mol. The minimum Gasteiger partial charge on any atom is -0.504 e. The summed E-state index contributed by atoms with van der Waals surface area (Å²) in [5.74, 6) is -0.299. The van der Waals surface area contributed by atoms with Gasteiger partial charge in [0, 0.05) is 29.4 Å². The van der Waals surface area contributed by atoms with Gasteiger partial charge in [0.1, 0.15) is 0 Å². The molecule has 0 aliphatic rings. The van der Waals surface area contributed by atoms with Crippen molar-refractivity contribution in [1.82, 2.24) is 3.53 Å². The van der Waals surface area contributed by atoms with Gasteiger partial charge < -0.3 is 15.3 Å². The molecule has 5 heteroatoms. The van der Waals surface area contributed by atoms with E-state index in [9.17, 15) is 10.2 Å². The van der Waals surface area contributed by atoms with Gasteiger partial charge >= 0.3 is 0 Å². The van der Waals surface area contributed by atoms with Crippen LogP contribution in [0.25, 0.3) is 0 Å². The average Bonchev–Trinajstić information content (AvgIpc) is 2.12. The molecule has 1 aromatic carbocycles. The highest BCUT2D eigenvalue weighted by Gasteiger charge is 2.06. The molecule has 0 radical (unpaired) electrons. The van der Waals surface area contributed by atoms with E-state index in [4.69, 9.17) is 5.11 Å². The van der Waals surface area contributed by atoms with Crippen molar-refractivity contribution in [3.63, 3.8) is 0 Å². The molecular weight excluding hydrogens is 297 g/mol. The Labute approximate surface area is 96.1 Å². The first-order chi connectivity index (χ1) is 6.63. The molecule has 0 bridgehead atoms. The second-order valence-corrected chi connectivity index (χ2v) is 3.78. The van der Waals surface area contributed by atoms with Crippen LogP contribution in [0.1, 0.15) is 5.56 Å². The van der Waals surface area contributed by atoms with Crippen LogP contribution in [-0.4, -0.2) is 28.0 Å². The van der Waals surface area contributed by atoms with E-state index in [1.807, 2.05) is 22.9 Å². The van der Waals surface area contributed by atoms with Crippen molar-refractivity contribution >= 4 is 22.9 Å². The third kappa shape index (κ3) is 3.32. The van der Waals surface area contributed by atoms with Gasteiger partial charge in [0.05, 0.1) is 6.10 Å². The molecule has 0 aliphatic heterocycles. The lowest BCUT2D eigenvalue weighted by atomic mass is 10.1. The molecule has 0 aliphatic carbocycles. The van der Waals surface area contributed by atoms with E-state index in [0.717, 1.165) is 5.56 Å². The van der Waals surface area contributed by atoms with E-state index in [0.29, 0.717) is 13.0 Å². The first-order valence-electron chi connectivity index (χ1n) is 4.16. The lowest BCUT2D eigenvalue weighted by Gasteiger charge is -2.09. The number of phenols is 2. The van der Waals surface area contributed by atoms with Gasteiger partial charge in [0.2, 0.25) is 0 Å². The number of aliphatic hydroxyl groups is 1. The molecule has 78 valence electrons. The maximum absolute atomic E-state index is 9.45. The van der Waals surface area contributed by atoms with Crippen molar-refractivity contribution in [2.75, 3.05) is 6.54 Å². The normalized spacial score (nSPS) is 12.7. The molecule has 1 unspecified atom stereocenters. The number of rotatable bonds is 4. The Balaban J connectivity index is 2.63. The van der Waals surface area contributed by atoms with Crippen LogP contribution in [0.15, 0.2) is 18.2 Å². The minimum atomic E-state index is -0.490. The van der Waals surface area contributed by atoms with Crippen LogP contribution in [0.2, 0.25) is 0 Å². The van der Waals surface area contributed by atoms with Crippen molar-refractivity contribution in [3.8, 4) is 11.5 Å². The van der Waals surface area contributed by atoms with Gasteiger partial charge in [0.25, 0.3) is 0 Å². The van der Waals surface area contributed by atoms with Gasteiger partial charge in [-0.05, 0) is 24.1 Å². The SMILES string of the molecule is Oc1ccc(CC(O)CNI)cc1O. The summed E-state index contributed by atoms with van der Waals surface area (Å²) in [5.41, 5.74) is 0.791. The summed E-state index contributed by atoms with van der Waals surface area (Å²) < 4.78 is 2.82. The summed E-state index contributed by atoms with van der Waals surface area (Å²) >= 11 is 1.96. The van der Waals surface area contributed by atoms with Crippen molar-refractivity contribution in [1.29, 1.82) is 0 Å². The highest BCUT2D eigenvalue weighted by atomic mass is 127. The second kappa shape index (κ2) is 5.38. The van der Waals surface area contributed by atoms with E-state index in [2.05, 4.69) is 3.53 Å². The third-order valence-electron chi connectivity index (χ3n) is 1.82. The van der Waals surface area contributed by atoms with Gasteiger partial charge in [-0.1, -0.05) is 6.07 Å². The van der Waals surface area contributed by atoms with E-state index >= 15 is 0 Å². The number of aliphatic hydroxyl groups excluding tert-OH is 1. The Morgan fingerprint density at radius 3 is 2.57 bits per heavy atom. The van der Waals surface area contributed by atoms with Crippen LogP contribution in [0.4, 0.5) is 0 Å². The molecule has 0 amide bonds. The number of benzene rings is 1. The van der Waals surface area contributed by atoms with Gasteiger partial charge in [-0.3, -0.25) is 3.53 Å². The maximum Gasteiger partial charge on any atom is 0.157 e. The smallest absolute Gasteiger partial charge is 0.157 e. The van der Waals surface area contributed by atoms with Crippen LogP contribution >= 0.6 is 22.9 Å². The molecule has 0 saturated heterocycles. The first kappa shape index (κ1) is 11.5. The molecule has 1 aromatic rings. The van der Waals surface area contributed by atoms with E-state index in [1.165, 1.54) is 12.1 Å². The number of aromatic hydroxyl groups is 2. The predicted octanol–water partition coefficient (Wildman–Crippen LogP) is 0.941. The lowest BCUT2D eigenvalue weighted by Crippen LogP contribution is -2.22. The van der Waals surface area contributed by atoms with Crippen LogP contribution in [0.5, 0.6) is 11.5 Å². The molecule has 0 fully saturated rings. The Hall–Kier alpha value is -0.530. The fourth-order valence-electron chi connectivity index (χ4n) is 1.13. The van der Waals surface area contributed by atoms with Crippen molar-refractivity contribution in [3.05, 3.63) is 23.8 Å². The Kier molecular flexibility index (Phi) is 4.43. The van der Waals surface area contributed by atoms with Crippen molar-refractivity contribution < 1.29 is 15.3 Å². The molecule has 4 N–H and O–H groups in total. The fraction of sp³-hybridized carbons (Fsp3) is 0.333. The zero-order chi connectivity index (χ0) is 10.6. The molecule has 0 spiro atoms. The third-order valence-corrected chi connectivity index (χ3v) is 2.26. The fourth-order valence-corrected chi connectivity index (χ4v) is 1.64. The summed E-state index contributed by atoms with van der Waals surface area (Å²) in [6, 6.07) is 4.53. The summed E-state index contributed by atoms with van der Waals surface area (Å²) in [6.07, 6.45) is -0.0417. The summed E-state index contributed by atoms with van der Waals surface area (Å²) in [4.78, 5) is 0. The molecule has 0 saturated carbocycles. The molecule has 0 heterocycles. The van der Waals surface area contributed by atoms with Gasteiger partial charge in [-0.25, -0.2) is 0 Å². The molecule has 4 nitrogen and oxygen atoms in total. The van der Waals surface area contributed by atoms with Crippen LogP contribution in [-0.2, 0) is 6.42 Å². The number of hydrogen-bond donors (Lipinski definition) is 4. The Morgan fingerprint density at radius 1 is 1.29 bits per heavy atom. The second-order valence-electron chi connectivity index (χ2n) is 3.02. The number of hydrogen-bond acceptors (Lipinski definition) is 4. The summed E-state index contributed by atoms with van der Waals surface area (Å²) in [6.45, 7) is 0.488. The zero-order valence-electron chi connectivity index (χ0n) is 7.44. The zero-order valence-corrected chi connectivity index (χ0v) is 9.60. The standard InChI is InChI=1S/C9H12INO3/c10-11-5-7(12)3-6-1-2-8(13)9(14)4-6/h1-2,4,7,11-14H,3,5H2. The average molecular weight is 309 g/mol. The molecule has 0 aromatic heterocycles. The molecule has 1 atom stereocenters. The van der Waals surface area contributed by atoms with Crippen molar-refractivity contribution in [2.24, 2.45) is 0 Å². The largest absolute Gasteiger partial charge is 0.504 e. The summed E-state index contributed by atoms with van der Waals surface area (Å²) in [7, 11) is 0. The highest BCUT2D eigenvalue weighted by molar-refractivity contribution is 14.1. The van der Waals surface area contributed by atoms with Crippen LogP contribution in [0, 0.1) is 0 Å². The van der Waals surface area contributed by atoms with E-state index in [1.54, 1.807) is 6.07 Å². The number of halogens is 1. The van der Waals surface area contributed by atoms with Crippen LogP contribution < -0.4 is 3.53 Å². The Bertz CT molecular complexity index is 306. The lowest BCUT2D eigenvalue weighted by molar-refractivity contribution is 0.181. The number of phenolic OH excluding ortho intramolecular Hbond substituents is 2. The van der Waals surface area contributed by atoms with Gasteiger partial charge in [-0.2, -0.15) is 0 Å². The van der Waals surface area contributed by atoms with Crippen molar-refractivity contribution in [2.45, 2.75) is 12.5 Å². The van der Waals surface area contributed by atoms with Gasteiger partial charge in [-0.15, -0.1) is 0 Å². The summed E-state index contributed by atoms with van der Waals surface area (Å²) in [5, 5.41) is 27.7. The number of nitrogens with one attached hydrogen (secondary N) is 1. The molecule has 14 heavy (non-hydrogen) atoms. The topological polar surface area (TPSA) is 72.7 Å².